The Morgan fingerprint density at radius 1 is 1.27 bits per heavy atom. The summed E-state index contributed by atoms with van der Waals surface area (Å²) in [5.41, 5.74) is 0.674. The number of ketones is 1. The maximum absolute atomic E-state index is 11.3. The van der Waals surface area contributed by atoms with Crippen molar-refractivity contribution in [1.82, 2.24) is 0 Å². The average molecular weight is 213 g/mol. The van der Waals surface area contributed by atoms with Gasteiger partial charge in [0.25, 0.3) is 0 Å². The summed E-state index contributed by atoms with van der Waals surface area (Å²) in [6, 6.07) is 7.17. The molecule has 11 heavy (non-hydrogen) atoms. The first-order valence-corrected chi connectivity index (χ1v) is 6.06. The number of hydrogen-bond acceptors (Lipinski definition) is 2. The molecule has 0 radical (unpaired) electrons. The van der Waals surface area contributed by atoms with Gasteiger partial charge in [0, 0.05) is 0 Å². The standard InChI is InChI=1S/C8H6O2Se/c9-7-5-11(10)8-4-2-1-3-6(7)8/h1-4H,5H2. The Morgan fingerprint density at radius 2 is 2.00 bits per heavy atom. The third-order valence-corrected chi connectivity index (χ3v) is 4.57. The van der Waals surface area contributed by atoms with Gasteiger partial charge >= 0.3 is 67.9 Å². The fraction of sp³-hybridized carbons (Fsp3) is 0.125. The monoisotopic (exact) mass is 214 g/mol. The second-order valence-electron chi connectivity index (χ2n) is 2.41. The predicted molar refractivity (Wildman–Crippen MR) is 41.7 cm³/mol. The predicted octanol–water partition coefficient (Wildman–Crippen LogP) is 0.512. The van der Waals surface area contributed by atoms with Gasteiger partial charge in [-0.25, -0.2) is 0 Å². The number of carbonyl (C=O) groups is 1. The molecule has 0 aromatic heterocycles. The van der Waals surface area contributed by atoms with Crippen molar-refractivity contribution < 1.29 is 8.63 Å². The van der Waals surface area contributed by atoms with Gasteiger partial charge in [-0.15, -0.1) is 0 Å². The van der Waals surface area contributed by atoms with E-state index in [1.807, 2.05) is 6.07 Å². The Hall–Kier alpha value is -0.791. The van der Waals surface area contributed by atoms with E-state index in [-0.39, 0.29) is 11.1 Å². The van der Waals surface area contributed by atoms with Crippen LogP contribution >= 0.6 is 0 Å². The van der Waals surface area contributed by atoms with Crippen molar-refractivity contribution in [3.8, 4) is 0 Å². The number of benzene rings is 1. The second-order valence-corrected chi connectivity index (χ2v) is 5.39. The van der Waals surface area contributed by atoms with Gasteiger partial charge in [0.1, 0.15) is 0 Å². The van der Waals surface area contributed by atoms with Crippen molar-refractivity contribution in [2.45, 2.75) is 5.32 Å². The SMILES string of the molecule is O=C1C[Se](=O)c2ccccc21. The number of carbonyl (C=O) groups excluding carboxylic acids is 1. The van der Waals surface area contributed by atoms with E-state index in [0.29, 0.717) is 5.56 Å². The van der Waals surface area contributed by atoms with Crippen LogP contribution in [-0.4, -0.2) is 19.6 Å². The Bertz CT molecular complexity index is 311. The Balaban J connectivity index is 2.69. The molecule has 0 fully saturated rings. The molecule has 56 valence electrons. The van der Waals surface area contributed by atoms with Crippen molar-refractivity contribution in [3.63, 3.8) is 0 Å². The summed E-state index contributed by atoms with van der Waals surface area (Å²) < 4.78 is 12.1. The van der Waals surface area contributed by atoms with Gasteiger partial charge in [-0.2, -0.15) is 0 Å². The van der Waals surface area contributed by atoms with Gasteiger partial charge in [-0.1, -0.05) is 0 Å². The number of rotatable bonds is 0. The van der Waals surface area contributed by atoms with Gasteiger partial charge in [0.15, 0.2) is 0 Å². The molecule has 1 aliphatic rings. The van der Waals surface area contributed by atoms with Crippen molar-refractivity contribution in [3.05, 3.63) is 29.8 Å². The first-order valence-electron chi connectivity index (χ1n) is 3.29. The summed E-state index contributed by atoms with van der Waals surface area (Å²) in [4.78, 5) is 11.1. The van der Waals surface area contributed by atoms with E-state index < -0.39 is 13.8 Å². The number of fused-ring (bicyclic) bond motifs is 1. The van der Waals surface area contributed by atoms with Crippen LogP contribution in [0.5, 0.6) is 0 Å². The molecule has 1 aliphatic heterocycles. The topological polar surface area (TPSA) is 34.1 Å². The van der Waals surface area contributed by atoms with Crippen molar-refractivity contribution in [2.75, 3.05) is 0 Å². The third-order valence-electron chi connectivity index (χ3n) is 1.69. The van der Waals surface area contributed by atoms with Gasteiger partial charge in [0.2, 0.25) is 0 Å². The third kappa shape index (κ3) is 0.970. The van der Waals surface area contributed by atoms with Crippen LogP contribution < -0.4 is 4.46 Å². The fourth-order valence-electron chi connectivity index (χ4n) is 1.17. The van der Waals surface area contributed by atoms with Crippen molar-refractivity contribution in [1.29, 1.82) is 0 Å². The van der Waals surface area contributed by atoms with Gasteiger partial charge in [0.05, 0.1) is 0 Å². The molecule has 1 unspecified atom stereocenters. The van der Waals surface area contributed by atoms with Crippen LogP contribution in [0.4, 0.5) is 0 Å². The normalized spacial score (nSPS) is 21.8. The molecule has 2 nitrogen and oxygen atoms in total. The summed E-state index contributed by atoms with van der Waals surface area (Å²) >= 11 is -1.98. The van der Waals surface area contributed by atoms with E-state index in [2.05, 4.69) is 0 Å². The van der Waals surface area contributed by atoms with Crippen LogP contribution in [0.2, 0.25) is 5.32 Å². The van der Waals surface area contributed by atoms with E-state index in [9.17, 15) is 8.63 Å². The van der Waals surface area contributed by atoms with Gasteiger partial charge < -0.3 is 0 Å². The summed E-state index contributed by atoms with van der Waals surface area (Å²) in [5, 5.41) is 0.263. The van der Waals surface area contributed by atoms with Gasteiger partial charge in [-0.05, 0) is 0 Å². The Labute approximate surface area is 68.3 Å². The quantitative estimate of drug-likeness (QED) is 0.588. The minimum absolute atomic E-state index is 0.0422. The molecule has 1 heterocycles. The molecular weight excluding hydrogens is 207 g/mol. The minimum atomic E-state index is -1.98. The molecule has 2 rings (SSSR count). The van der Waals surface area contributed by atoms with E-state index in [1.54, 1.807) is 18.2 Å². The average Bonchev–Trinajstić information content (AvgIpc) is 2.30. The van der Waals surface area contributed by atoms with Gasteiger partial charge in [-0.3, -0.25) is 0 Å². The van der Waals surface area contributed by atoms with E-state index >= 15 is 0 Å². The molecule has 0 N–H and O–H groups in total. The molecule has 0 bridgehead atoms. The van der Waals surface area contributed by atoms with Crippen LogP contribution in [-0.2, 0) is 3.83 Å². The van der Waals surface area contributed by atoms with Crippen LogP contribution in [0.3, 0.4) is 0 Å². The van der Waals surface area contributed by atoms with Crippen molar-refractivity contribution in [2.24, 2.45) is 0 Å². The van der Waals surface area contributed by atoms with Crippen LogP contribution in [0.25, 0.3) is 0 Å². The van der Waals surface area contributed by atoms with Crippen molar-refractivity contribution >= 4 is 24.1 Å². The molecule has 0 aliphatic carbocycles. The molecule has 3 heteroatoms. The summed E-state index contributed by atoms with van der Waals surface area (Å²) in [6.45, 7) is 0. The first kappa shape index (κ1) is 6.89. The van der Waals surface area contributed by atoms with E-state index in [4.69, 9.17) is 0 Å². The van der Waals surface area contributed by atoms with Crippen LogP contribution in [0.15, 0.2) is 24.3 Å². The van der Waals surface area contributed by atoms with E-state index in [0.717, 1.165) is 4.46 Å². The molecule has 1 atom stereocenters. The molecule has 1 aromatic carbocycles. The zero-order valence-electron chi connectivity index (χ0n) is 5.74. The zero-order chi connectivity index (χ0) is 7.84. The Kier molecular flexibility index (Phi) is 1.48. The number of Topliss-reactive ketones (excluding diaryl/α,β-unsaturated/α-hetero) is 1. The molecule has 0 spiro atoms. The van der Waals surface area contributed by atoms with E-state index in [1.165, 1.54) is 0 Å². The maximum atomic E-state index is 11.3. The van der Waals surface area contributed by atoms with Crippen LogP contribution in [0, 0.1) is 0 Å². The summed E-state index contributed by atoms with van der Waals surface area (Å²) in [6.07, 6.45) is 0. The number of hydrogen-bond donors (Lipinski definition) is 0. The summed E-state index contributed by atoms with van der Waals surface area (Å²) in [5.74, 6) is 0.0422. The summed E-state index contributed by atoms with van der Waals surface area (Å²) in [7, 11) is 0. The molecule has 0 amide bonds. The van der Waals surface area contributed by atoms with Crippen LogP contribution in [0.1, 0.15) is 10.4 Å². The molecular formula is C8H6O2Se. The molecule has 0 saturated heterocycles. The fourth-order valence-corrected chi connectivity index (χ4v) is 3.70. The molecule has 0 saturated carbocycles. The first-order chi connectivity index (χ1) is 5.29. The zero-order valence-corrected chi connectivity index (χ0v) is 7.45. The second kappa shape index (κ2) is 2.36. The Morgan fingerprint density at radius 3 is 2.73 bits per heavy atom. The molecule has 1 aromatic rings.